The minimum atomic E-state index is -0.474. The number of anilines is 1. The van der Waals surface area contributed by atoms with Crippen LogP contribution >= 0.6 is 0 Å². The molecule has 2 aromatic heterocycles. The lowest BCUT2D eigenvalue weighted by Crippen LogP contribution is -2.41. The predicted molar refractivity (Wildman–Crippen MR) is 91.8 cm³/mol. The smallest absolute Gasteiger partial charge is 0.329 e. The van der Waals surface area contributed by atoms with Crippen LogP contribution in [0.5, 0.6) is 0 Å². The van der Waals surface area contributed by atoms with Crippen LogP contribution in [0.1, 0.15) is 6.42 Å². The summed E-state index contributed by atoms with van der Waals surface area (Å²) in [4.78, 5) is 51.7. The molecule has 0 aromatic carbocycles. The molecule has 0 radical (unpaired) electrons. The van der Waals surface area contributed by atoms with Crippen LogP contribution in [-0.2, 0) is 18.4 Å². The summed E-state index contributed by atoms with van der Waals surface area (Å²) in [5.41, 5.74) is -1.09. The van der Waals surface area contributed by atoms with Crippen LogP contribution in [0.15, 0.2) is 44.8 Å². The summed E-state index contributed by atoms with van der Waals surface area (Å²) in [5.74, 6) is 0.196. The summed E-state index contributed by atoms with van der Waals surface area (Å²) >= 11 is 0. The van der Waals surface area contributed by atoms with Crippen LogP contribution in [0.3, 0.4) is 0 Å². The van der Waals surface area contributed by atoms with Crippen molar-refractivity contribution >= 4 is 11.7 Å². The summed E-state index contributed by atoms with van der Waals surface area (Å²) in [6, 6.07) is 5.97. The Bertz CT molecular complexity index is 926. The van der Waals surface area contributed by atoms with E-state index >= 15 is 0 Å². The first-order chi connectivity index (χ1) is 11.9. The number of hydrogen-bond acceptors (Lipinski definition) is 5. The standard InChI is InChI=1S/C16H19N5O4/c1-19-15(24)8-12(18-16(19)25)20-7-5-11(9-20)17-13(22)10-21-6-3-2-4-14(21)23/h2-4,6,8,11H,5,7,9-10H2,1H3,(H,17,22)(H,18,25)/t11-/m1/s1. The van der Waals surface area contributed by atoms with Crippen molar-refractivity contribution < 1.29 is 4.79 Å². The maximum Gasteiger partial charge on any atom is 0.329 e. The number of pyridine rings is 1. The van der Waals surface area contributed by atoms with Gasteiger partial charge in [0.25, 0.3) is 11.1 Å². The number of nitrogens with zero attached hydrogens (tertiary/aromatic N) is 3. The monoisotopic (exact) mass is 345 g/mol. The van der Waals surface area contributed by atoms with Gasteiger partial charge in [-0.1, -0.05) is 6.07 Å². The average molecular weight is 345 g/mol. The van der Waals surface area contributed by atoms with Crippen molar-refractivity contribution in [1.82, 2.24) is 19.4 Å². The SMILES string of the molecule is Cn1c(=O)cc(N2CC[C@@H](NC(=O)Cn3ccccc3=O)C2)[nH]c1=O. The number of aromatic nitrogens is 3. The van der Waals surface area contributed by atoms with Crippen LogP contribution < -0.4 is 27.0 Å². The van der Waals surface area contributed by atoms with E-state index < -0.39 is 5.69 Å². The Balaban J connectivity index is 1.62. The molecule has 1 fully saturated rings. The molecule has 3 rings (SSSR count). The van der Waals surface area contributed by atoms with Gasteiger partial charge >= 0.3 is 5.69 Å². The van der Waals surface area contributed by atoms with Crippen molar-refractivity contribution in [2.75, 3.05) is 18.0 Å². The van der Waals surface area contributed by atoms with Crippen molar-refractivity contribution in [3.63, 3.8) is 0 Å². The summed E-state index contributed by atoms with van der Waals surface area (Å²) in [6.07, 6.45) is 2.25. The first kappa shape index (κ1) is 16.7. The maximum absolute atomic E-state index is 12.1. The molecule has 1 saturated heterocycles. The lowest BCUT2D eigenvalue weighted by molar-refractivity contribution is -0.122. The molecule has 1 atom stereocenters. The number of nitrogens with one attached hydrogen (secondary N) is 2. The van der Waals surface area contributed by atoms with Gasteiger partial charge in [0, 0.05) is 44.5 Å². The van der Waals surface area contributed by atoms with E-state index in [4.69, 9.17) is 0 Å². The van der Waals surface area contributed by atoms with Gasteiger partial charge in [0.1, 0.15) is 12.4 Å². The Morgan fingerprint density at radius 3 is 2.80 bits per heavy atom. The van der Waals surface area contributed by atoms with Crippen LogP contribution in [0.2, 0.25) is 0 Å². The van der Waals surface area contributed by atoms with Crippen molar-refractivity contribution in [3.8, 4) is 0 Å². The molecular weight excluding hydrogens is 326 g/mol. The Kier molecular flexibility index (Phi) is 4.55. The molecule has 2 aromatic rings. The van der Waals surface area contributed by atoms with Gasteiger partial charge in [-0.05, 0) is 12.5 Å². The summed E-state index contributed by atoms with van der Waals surface area (Å²) in [6.45, 7) is 1.05. The van der Waals surface area contributed by atoms with E-state index in [1.807, 2.05) is 4.90 Å². The quantitative estimate of drug-likeness (QED) is 0.711. The number of rotatable bonds is 4. The van der Waals surface area contributed by atoms with Crippen LogP contribution in [0, 0.1) is 0 Å². The first-order valence-corrected chi connectivity index (χ1v) is 7.94. The van der Waals surface area contributed by atoms with Crippen LogP contribution in [0.25, 0.3) is 0 Å². The zero-order valence-electron chi connectivity index (χ0n) is 13.8. The summed E-state index contributed by atoms with van der Waals surface area (Å²) in [7, 11) is 1.41. The third-order valence-corrected chi connectivity index (χ3v) is 4.24. The highest BCUT2D eigenvalue weighted by atomic mass is 16.2. The molecule has 3 heterocycles. The van der Waals surface area contributed by atoms with E-state index in [-0.39, 0.29) is 29.6 Å². The number of aromatic amines is 1. The largest absolute Gasteiger partial charge is 0.356 e. The number of carbonyl (C=O) groups is 1. The lowest BCUT2D eigenvalue weighted by atomic mass is 10.2. The lowest BCUT2D eigenvalue weighted by Gasteiger charge is -2.18. The molecule has 9 heteroatoms. The van der Waals surface area contributed by atoms with Gasteiger partial charge in [0.15, 0.2) is 0 Å². The zero-order chi connectivity index (χ0) is 18.0. The highest BCUT2D eigenvalue weighted by molar-refractivity contribution is 5.76. The Hall–Kier alpha value is -3.10. The van der Waals surface area contributed by atoms with Gasteiger partial charge in [-0.3, -0.25) is 23.9 Å². The van der Waals surface area contributed by atoms with Crippen molar-refractivity contribution in [2.24, 2.45) is 7.05 Å². The Morgan fingerprint density at radius 2 is 2.08 bits per heavy atom. The van der Waals surface area contributed by atoms with Gasteiger partial charge in [-0.25, -0.2) is 4.79 Å². The average Bonchev–Trinajstić information content (AvgIpc) is 3.02. The second-order valence-corrected chi connectivity index (χ2v) is 6.02. The van der Waals surface area contributed by atoms with Crippen molar-refractivity contribution in [3.05, 3.63) is 61.7 Å². The molecule has 1 amide bonds. The highest BCUT2D eigenvalue weighted by Gasteiger charge is 2.25. The molecule has 9 nitrogen and oxygen atoms in total. The number of hydrogen-bond donors (Lipinski definition) is 2. The first-order valence-electron chi connectivity index (χ1n) is 7.94. The van der Waals surface area contributed by atoms with Gasteiger partial charge < -0.3 is 14.8 Å². The van der Waals surface area contributed by atoms with Gasteiger partial charge in [-0.2, -0.15) is 0 Å². The molecule has 2 N–H and O–H groups in total. The number of amides is 1. The third kappa shape index (κ3) is 3.70. The molecule has 0 saturated carbocycles. The molecule has 0 spiro atoms. The van der Waals surface area contributed by atoms with E-state index in [2.05, 4.69) is 10.3 Å². The molecule has 132 valence electrons. The fraction of sp³-hybridized carbons (Fsp3) is 0.375. The van der Waals surface area contributed by atoms with E-state index in [0.29, 0.717) is 25.3 Å². The van der Waals surface area contributed by atoms with E-state index in [9.17, 15) is 19.2 Å². The number of H-pyrrole nitrogens is 1. The van der Waals surface area contributed by atoms with Gasteiger partial charge in [0.2, 0.25) is 5.91 Å². The van der Waals surface area contributed by atoms with Crippen molar-refractivity contribution in [2.45, 2.75) is 19.0 Å². The molecule has 25 heavy (non-hydrogen) atoms. The molecule has 1 aliphatic heterocycles. The minimum Gasteiger partial charge on any atom is -0.356 e. The summed E-state index contributed by atoms with van der Waals surface area (Å²) in [5, 5.41) is 2.88. The van der Waals surface area contributed by atoms with Gasteiger partial charge in [-0.15, -0.1) is 0 Å². The molecule has 0 unspecified atom stereocenters. The Morgan fingerprint density at radius 1 is 1.28 bits per heavy atom. The Labute approximate surface area is 142 Å². The third-order valence-electron chi connectivity index (χ3n) is 4.24. The molecule has 1 aliphatic rings. The molecule has 0 aliphatic carbocycles. The highest BCUT2D eigenvalue weighted by Crippen LogP contribution is 2.15. The second-order valence-electron chi connectivity index (χ2n) is 6.02. The van der Waals surface area contributed by atoms with Crippen LogP contribution in [-0.4, -0.2) is 39.2 Å². The normalized spacial score (nSPS) is 16.8. The fourth-order valence-electron chi connectivity index (χ4n) is 2.83. The predicted octanol–water partition coefficient (Wildman–Crippen LogP) is -1.37. The van der Waals surface area contributed by atoms with Crippen LogP contribution in [0.4, 0.5) is 5.82 Å². The van der Waals surface area contributed by atoms with Crippen molar-refractivity contribution in [1.29, 1.82) is 0 Å². The minimum absolute atomic E-state index is 0.0428. The maximum atomic E-state index is 12.1. The van der Waals surface area contributed by atoms with Gasteiger partial charge in [0.05, 0.1) is 0 Å². The topological polar surface area (TPSA) is 109 Å². The van der Waals surface area contributed by atoms with E-state index in [1.54, 1.807) is 18.3 Å². The van der Waals surface area contributed by atoms with E-state index in [0.717, 1.165) is 4.57 Å². The van der Waals surface area contributed by atoms with E-state index in [1.165, 1.54) is 23.7 Å². The zero-order valence-corrected chi connectivity index (χ0v) is 13.8. The molecule has 0 bridgehead atoms. The summed E-state index contributed by atoms with van der Waals surface area (Å²) < 4.78 is 2.33. The fourth-order valence-corrected chi connectivity index (χ4v) is 2.83. The molecular formula is C16H19N5O4. The second kappa shape index (κ2) is 6.80. The number of carbonyl (C=O) groups excluding carboxylic acids is 1.